The number of rotatable bonds is 4. The summed E-state index contributed by atoms with van der Waals surface area (Å²) in [7, 11) is 4.11. The Balaban J connectivity index is 2.05. The average Bonchev–Trinajstić information content (AvgIpc) is 2.73. The van der Waals surface area contributed by atoms with Crippen molar-refractivity contribution in [2.75, 3.05) is 24.3 Å². The molecule has 0 aliphatic carbocycles. The van der Waals surface area contributed by atoms with E-state index >= 15 is 0 Å². The van der Waals surface area contributed by atoms with Crippen molar-refractivity contribution in [1.29, 1.82) is 0 Å². The molecule has 0 spiro atoms. The number of nitrogens with one attached hydrogen (secondary N) is 1. The Morgan fingerprint density at radius 3 is 2.61 bits per heavy atom. The molecular weight excluding hydrogens is 242 g/mol. The average molecular weight is 261 g/mol. The number of thiazole rings is 1. The molecule has 0 bridgehead atoms. The number of aromatic nitrogens is 1. The molecule has 2 rings (SSSR count). The van der Waals surface area contributed by atoms with Gasteiger partial charge in [-0.1, -0.05) is 0 Å². The van der Waals surface area contributed by atoms with Crippen molar-refractivity contribution in [2.24, 2.45) is 0 Å². The molecule has 18 heavy (non-hydrogen) atoms. The fourth-order valence-electron chi connectivity index (χ4n) is 1.80. The van der Waals surface area contributed by atoms with Crippen molar-refractivity contribution in [1.82, 2.24) is 4.98 Å². The van der Waals surface area contributed by atoms with E-state index in [0.29, 0.717) is 0 Å². The summed E-state index contributed by atoms with van der Waals surface area (Å²) < 4.78 is 0. The second-order valence-electron chi connectivity index (χ2n) is 4.61. The molecule has 3 nitrogen and oxygen atoms in total. The Morgan fingerprint density at radius 1 is 1.28 bits per heavy atom. The molecule has 0 atom stereocenters. The van der Waals surface area contributed by atoms with E-state index in [2.05, 4.69) is 59.8 Å². The number of aryl methyl sites for hydroxylation is 2. The van der Waals surface area contributed by atoms with Gasteiger partial charge < -0.3 is 10.2 Å². The van der Waals surface area contributed by atoms with E-state index in [1.54, 1.807) is 11.3 Å². The fourth-order valence-corrected chi connectivity index (χ4v) is 2.41. The smallest absolute Gasteiger partial charge is 0.0898 e. The van der Waals surface area contributed by atoms with Crippen LogP contribution < -0.4 is 10.2 Å². The zero-order valence-electron chi connectivity index (χ0n) is 11.3. The second kappa shape index (κ2) is 5.40. The van der Waals surface area contributed by atoms with Crippen molar-refractivity contribution < 1.29 is 0 Å². The lowest BCUT2D eigenvalue weighted by Gasteiger charge is -2.15. The second-order valence-corrected chi connectivity index (χ2v) is 5.67. The van der Waals surface area contributed by atoms with Crippen LogP contribution in [-0.2, 0) is 6.54 Å². The minimum Gasteiger partial charge on any atom is -0.379 e. The van der Waals surface area contributed by atoms with Gasteiger partial charge in [0.15, 0.2) is 0 Å². The maximum atomic E-state index is 4.45. The quantitative estimate of drug-likeness (QED) is 0.914. The third-order valence-electron chi connectivity index (χ3n) is 2.85. The third kappa shape index (κ3) is 3.01. The molecule has 0 amide bonds. The fraction of sp³-hybridized carbons (Fsp3) is 0.357. The molecule has 0 fully saturated rings. The highest BCUT2D eigenvalue weighted by molar-refractivity contribution is 7.09. The van der Waals surface area contributed by atoms with Gasteiger partial charge in [0, 0.05) is 30.9 Å². The minimum atomic E-state index is 0.784. The van der Waals surface area contributed by atoms with Crippen LogP contribution in [0.15, 0.2) is 23.6 Å². The summed E-state index contributed by atoms with van der Waals surface area (Å²) in [6, 6.07) is 6.44. The molecule has 0 radical (unpaired) electrons. The molecule has 0 aliphatic heterocycles. The zero-order chi connectivity index (χ0) is 13.1. The summed E-state index contributed by atoms with van der Waals surface area (Å²) >= 11 is 1.69. The summed E-state index contributed by atoms with van der Waals surface area (Å²) in [5, 5.41) is 6.65. The van der Waals surface area contributed by atoms with Crippen LogP contribution in [0.4, 0.5) is 11.4 Å². The van der Waals surface area contributed by atoms with Gasteiger partial charge in [-0.15, -0.1) is 11.3 Å². The van der Waals surface area contributed by atoms with Gasteiger partial charge >= 0.3 is 0 Å². The first-order chi connectivity index (χ1) is 8.56. The summed E-state index contributed by atoms with van der Waals surface area (Å²) in [6.07, 6.45) is 0. The highest BCUT2D eigenvalue weighted by atomic mass is 32.1. The first-order valence-corrected chi connectivity index (χ1v) is 6.87. The number of benzene rings is 1. The van der Waals surface area contributed by atoms with Crippen LogP contribution in [0.5, 0.6) is 0 Å². The first-order valence-electron chi connectivity index (χ1n) is 5.99. The van der Waals surface area contributed by atoms with Gasteiger partial charge in [-0.2, -0.15) is 0 Å². The highest BCUT2D eigenvalue weighted by Crippen LogP contribution is 2.22. The van der Waals surface area contributed by atoms with Crippen LogP contribution in [0.3, 0.4) is 0 Å². The summed E-state index contributed by atoms with van der Waals surface area (Å²) in [4.78, 5) is 6.56. The highest BCUT2D eigenvalue weighted by Gasteiger charge is 2.03. The van der Waals surface area contributed by atoms with Gasteiger partial charge in [0.2, 0.25) is 0 Å². The molecule has 1 N–H and O–H groups in total. The Hall–Kier alpha value is -1.55. The lowest BCUT2D eigenvalue weighted by molar-refractivity contribution is 1.05. The van der Waals surface area contributed by atoms with Crippen LogP contribution in [-0.4, -0.2) is 19.1 Å². The van der Waals surface area contributed by atoms with Crippen LogP contribution in [0, 0.1) is 13.8 Å². The van der Waals surface area contributed by atoms with Gasteiger partial charge in [0.25, 0.3) is 0 Å². The van der Waals surface area contributed by atoms with Crippen LogP contribution >= 0.6 is 11.3 Å². The number of hydrogen-bond acceptors (Lipinski definition) is 4. The van der Waals surface area contributed by atoms with E-state index in [1.165, 1.54) is 16.9 Å². The van der Waals surface area contributed by atoms with Gasteiger partial charge in [0.1, 0.15) is 0 Å². The van der Waals surface area contributed by atoms with Gasteiger partial charge in [-0.25, -0.2) is 4.98 Å². The van der Waals surface area contributed by atoms with Crippen LogP contribution in [0.2, 0.25) is 0 Å². The first kappa shape index (κ1) is 12.9. The number of nitrogens with zero attached hydrogens (tertiary/aromatic N) is 2. The molecule has 0 aliphatic rings. The lowest BCUT2D eigenvalue weighted by atomic mass is 10.1. The Bertz CT molecular complexity index is 532. The predicted octanol–water partition coefficient (Wildman–Crippen LogP) is 3.44. The molecule has 96 valence electrons. The van der Waals surface area contributed by atoms with Crippen molar-refractivity contribution in [2.45, 2.75) is 20.4 Å². The van der Waals surface area contributed by atoms with E-state index in [1.807, 2.05) is 6.92 Å². The lowest BCUT2D eigenvalue weighted by Crippen LogP contribution is -2.09. The SMILES string of the molecule is Cc1nc(CNc2ccc(N(C)C)cc2C)cs1. The summed E-state index contributed by atoms with van der Waals surface area (Å²) in [5.41, 5.74) is 4.76. The molecule has 0 saturated carbocycles. The monoisotopic (exact) mass is 261 g/mol. The molecule has 4 heteroatoms. The molecule has 1 heterocycles. The van der Waals surface area contributed by atoms with E-state index < -0.39 is 0 Å². The molecule has 1 aromatic carbocycles. The van der Waals surface area contributed by atoms with E-state index in [9.17, 15) is 0 Å². The molecule has 0 saturated heterocycles. The largest absolute Gasteiger partial charge is 0.379 e. The number of hydrogen-bond donors (Lipinski definition) is 1. The van der Waals surface area contributed by atoms with E-state index in [0.717, 1.165) is 17.2 Å². The molecule has 0 unspecified atom stereocenters. The predicted molar refractivity (Wildman–Crippen MR) is 79.7 cm³/mol. The zero-order valence-corrected chi connectivity index (χ0v) is 12.1. The summed E-state index contributed by atoms with van der Waals surface area (Å²) in [6.45, 7) is 4.94. The Kier molecular flexibility index (Phi) is 3.87. The molecule has 2 aromatic rings. The Morgan fingerprint density at radius 2 is 2.06 bits per heavy atom. The molecule has 1 aromatic heterocycles. The minimum absolute atomic E-state index is 0.784. The van der Waals surface area contributed by atoms with Gasteiger partial charge in [0.05, 0.1) is 17.2 Å². The van der Waals surface area contributed by atoms with Gasteiger partial charge in [-0.3, -0.25) is 0 Å². The topological polar surface area (TPSA) is 28.2 Å². The van der Waals surface area contributed by atoms with Gasteiger partial charge in [-0.05, 0) is 37.6 Å². The van der Waals surface area contributed by atoms with Crippen molar-refractivity contribution >= 4 is 22.7 Å². The van der Waals surface area contributed by atoms with E-state index in [4.69, 9.17) is 0 Å². The maximum absolute atomic E-state index is 4.45. The normalized spacial score (nSPS) is 10.4. The third-order valence-corrected chi connectivity index (χ3v) is 3.68. The number of anilines is 2. The van der Waals surface area contributed by atoms with Crippen LogP contribution in [0.1, 0.15) is 16.3 Å². The molecular formula is C14H19N3S. The standard InChI is InChI=1S/C14H19N3S/c1-10-7-13(17(3)4)5-6-14(10)15-8-12-9-18-11(2)16-12/h5-7,9,15H,8H2,1-4H3. The van der Waals surface area contributed by atoms with Crippen LogP contribution in [0.25, 0.3) is 0 Å². The Labute approximate surface area is 112 Å². The maximum Gasteiger partial charge on any atom is 0.0898 e. The van der Waals surface area contributed by atoms with E-state index in [-0.39, 0.29) is 0 Å². The summed E-state index contributed by atoms with van der Waals surface area (Å²) in [5.74, 6) is 0. The van der Waals surface area contributed by atoms with Crippen molar-refractivity contribution in [3.63, 3.8) is 0 Å². The van der Waals surface area contributed by atoms with Crippen molar-refractivity contribution in [3.05, 3.63) is 39.8 Å². The van der Waals surface area contributed by atoms with Crippen molar-refractivity contribution in [3.8, 4) is 0 Å².